The summed E-state index contributed by atoms with van der Waals surface area (Å²) >= 11 is 0. The van der Waals surface area contributed by atoms with E-state index in [2.05, 4.69) is 0 Å². The van der Waals surface area contributed by atoms with Crippen molar-refractivity contribution in [3.8, 4) is 0 Å². The Balaban J connectivity index is 2.04. The highest BCUT2D eigenvalue weighted by Crippen LogP contribution is 2.18. The molecule has 0 amide bonds. The molecule has 0 atom stereocenters. The third-order valence-corrected chi connectivity index (χ3v) is 2.62. The Morgan fingerprint density at radius 2 is 2.25 bits per heavy atom. The molecule has 1 aliphatic rings. The van der Waals surface area contributed by atoms with Crippen LogP contribution in [0.25, 0.3) is 0 Å². The van der Waals surface area contributed by atoms with Crippen LogP contribution in [0.15, 0.2) is 11.8 Å². The average Bonchev–Trinajstić information content (AvgIpc) is 2.30. The van der Waals surface area contributed by atoms with Crippen LogP contribution in [-0.4, -0.2) is 19.2 Å². The second-order valence-electron chi connectivity index (χ2n) is 4.04. The highest BCUT2D eigenvalue weighted by molar-refractivity contribution is 5.70. The van der Waals surface area contributed by atoms with E-state index >= 15 is 0 Å². The average molecular weight is 226 g/mol. The first-order chi connectivity index (χ1) is 7.83. The predicted octanol–water partition coefficient (Wildman–Crippen LogP) is 3.19. The van der Waals surface area contributed by atoms with Crippen molar-refractivity contribution in [2.75, 3.05) is 13.2 Å². The molecule has 0 saturated carbocycles. The van der Waals surface area contributed by atoms with Crippen molar-refractivity contribution in [3.63, 3.8) is 0 Å². The van der Waals surface area contributed by atoms with Gasteiger partial charge in [-0.15, -0.1) is 0 Å². The molecule has 0 aromatic carbocycles. The van der Waals surface area contributed by atoms with Crippen molar-refractivity contribution in [2.45, 2.75) is 51.9 Å². The first-order valence-corrected chi connectivity index (χ1v) is 6.30. The van der Waals surface area contributed by atoms with E-state index in [1.54, 1.807) is 0 Å². The van der Waals surface area contributed by atoms with Crippen LogP contribution in [0.2, 0.25) is 0 Å². The molecule has 1 aliphatic carbocycles. The minimum atomic E-state index is -0.0929. The fourth-order valence-corrected chi connectivity index (χ4v) is 1.72. The van der Waals surface area contributed by atoms with Gasteiger partial charge in [0.2, 0.25) is 0 Å². The lowest BCUT2D eigenvalue weighted by Crippen LogP contribution is -2.06. The molecule has 0 aromatic rings. The smallest absolute Gasteiger partial charge is 0.310 e. The summed E-state index contributed by atoms with van der Waals surface area (Å²) in [5, 5.41) is 0. The highest BCUT2D eigenvalue weighted by atomic mass is 16.5. The fourth-order valence-electron chi connectivity index (χ4n) is 1.72. The fraction of sp³-hybridized carbons (Fsp3) is 0.769. The SMILES string of the molecule is CCOCCCCC(=O)OC1=CCCCC1. The van der Waals surface area contributed by atoms with E-state index in [1.807, 2.05) is 13.0 Å². The first kappa shape index (κ1) is 13.2. The summed E-state index contributed by atoms with van der Waals surface area (Å²) in [5.41, 5.74) is 0. The molecule has 92 valence electrons. The van der Waals surface area contributed by atoms with Crippen molar-refractivity contribution in [1.82, 2.24) is 0 Å². The molecule has 0 aliphatic heterocycles. The molecule has 16 heavy (non-hydrogen) atoms. The van der Waals surface area contributed by atoms with Crippen molar-refractivity contribution in [3.05, 3.63) is 11.8 Å². The van der Waals surface area contributed by atoms with E-state index < -0.39 is 0 Å². The topological polar surface area (TPSA) is 35.5 Å². The number of allylic oxidation sites excluding steroid dienone is 2. The molecule has 0 fully saturated rings. The molecule has 0 aromatic heterocycles. The molecular formula is C13H22O3. The van der Waals surface area contributed by atoms with Gasteiger partial charge < -0.3 is 9.47 Å². The molecule has 0 spiro atoms. The van der Waals surface area contributed by atoms with Gasteiger partial charge in [-0.25, -0.2) is 0 Å². The molecule has 0 saturated heterocycles. The van der Waals surface area contributed by atoms with Gasteiger partial charge in [-0.3, -0.25) is 4.79 Å². The van der Waals surface area contributed by atoms with Crippen molar-refractivity contribution >= 4 is 5.97 Å². The molecule has 0 bridgehead atoms. The maximum atomic E-state index is 11.4. The molecule has 0 N–H and O–H groups in total. The van der Waals surface area contributed by atoms with Crippen molar-refractivity contribution in [2.24, 2.45) is 0 Å². The second kappa shape index (κ2) is 8.34. The van der Waals surface area contributed by atoms with Gasteiger partial charge in [-0.1, -0.05) is 0 Å². The van der Waals surface area contributed by atoms with E-state index in [1.165, 1.54) is 6.42 Å². The minimum absolute atomic E-state index is 0.0929. The Kier molecular flexibility index (Phi) is 6.90. The van der Waals surface area contributed by atoms with Gasteiger partial charge >= 0.3 is 5.97 Å². The Bertz CT molecular complexity index is 233. The number of unbranched alkanes of at least 4 members (excludes halogenated alkanes) is 1. The van der Waals surface area contributed by atoms with Crippen LogP contribution >= 0.6 is 0 Å². The molecule has 3 heteroatoms. The van der Waals surface area contributed by atoms with Gasteiger partial charge in [0.1, 0.15) is 5.76 Å². The normalized spacial score (nSPS) is 15.7. The molecule has 0 heterocycles. The summed E-state index contributed by atoms with van der Waals surface area (Å²) in [4.78, 5) is 11.4. The third-order valence-electron chi connectivity index (χ3n) is 2.62. The number of hydrogen-bond donors (Lipinski definition) is 0. The van der Waals surface area contributed by atoms with Crippen LogP contribution in [0.1, 0.15) is 51.9 Å². The van der Waals surface area contributed by atoms with Crippen LogP contribution in [0.5, 0.6) is 0 Å². The maximum Gasteiger partial charge on any atom is 0.310 e. The summed E-state index contributed by atoms with van der Waals surface area (Å²) < 4.78 is 10.5. The number of rotatable bonds is 7. The van der Waals surface area contributed by atoms with Crippen molar-refractivity contribution in [1.29, 1.82) is 0 Å². The number of esters is 1. The lowest BCUT2D eigenvalue weighted by molar-refractivity contribution is -0.140. The summed E-state index contributed by atoms with van der Waals surface area (Å²) in [6.45, 7) is 3.47. The molecule has 0 unspecified atom stereocenters. The van der Waals surface area contributed by atoms with Crippen LogP contribution in [0.4, 0.5) is 0 Å². The zero-order valence-electron chi connectivity index (χ0n) is 10.2. The molecule has 1 rings (SSSR count). The summed E-state index contributed by atoms with van der Waals surface area (Å²) in [6, 6.07) is 0. The molecular weight excluding hydrogens is 204 g/mol. The zero-order valence-corrected chi connectivity index (χ0v) is 10.2. The quantitative estimate of drug-likeness (QED) is 0.494. The van der Waals surface area contributed by atoms with Gasteiger partial charge in [0, 0.05) is 26.1 Å². The molecule has 0 radical (unpaired) electrons. The minimum Gasteiger partial charge on any atom is -0.431 e. The van der Waals surface area contributed by atoms with Crippen LogP contribution < -0.4 is 0 Å². The van der Waals surface area contributed by atoms with Crippen LogP contribution in [0.3, 0.4) is 0 Å². The number of carbonyl (C=O) groups is 1. The number of ether oxygens (including phenoxy) is 2. The summed E-state index contributed by atoms with van der Waals surface area (Å²) in [5.74, 6) is 0.783. The lowest BCUT2D eigenvalue weighted by Gasteiger charge is -2.12. The third kappa shape index (κ3) is 5.91. The first-order valence-electron chi connectivity index (χ1n) is 6.30. The van der Waals surface area contributed by atoms with E-state index in [0.29, 0.717) is 6.42 Å². The maximum absolute atomic E-state index is 11.4. The Morgan fingerprint density at radius 3 is 2.94 bits per heavy atom. The monoisotopic (exact) mass is 226 g/mol. The zero-order chi connectivity index (χ0) is 11.6. The predicted molar refractivity (Wildman–Crippen MR) is 63.0 cm³/mol. The second-order valence-corrected chi connectivity index (χ2v) is 4.04. The van der Waals surface area contributed by atoms with E-state index in [9.17, 15) is 4.79 Å². The number of carbonyl (C=O) groups excluding carboxylic acids is 1. The van der Waals surface area contributed by atoms with Crippen molar-refractivity contribution < 1.29 is 14.3 Å². The largest absolute Gasteiger partial charge is 0.431 e. The van der Waals surface area contributed by atoms with Gasteiger partial charge in [0.05, 0.1) is 0 Å². The Hall–Kier alpha value is -0.830. The van der Waals surface area contributed by atoms with E-state index in [0.717, 1.165) is 51.1 Å². The van der Waals surface area contributed by atoms with Gasteiger partial charge in [-0.2, -0.15) is 0 Å². The van der Waals surface area contributed by atoms with E-state index in [4.69, 9.17) is 9.47 Å². The van der Waals surface area contributed by atoms with Crippen LogP contribution in [0, 0.1) is 0 Å². The number of hydrogen-bond acceptors (Lipinski definition) is 3. The molecule has 3 nitrogen and oxygen atoms in total. The highest BCUT2D eigenvalue weighted by Gasteiger charge is 2.09. The van der Waals surface area contributed by atoms with Gasteiger partial charge in [0.15, 0.2) is 0 Å². The standard InChI is InChI=1S/C13H22O3/c1-2-15-11-7-6-10-13(14)16-12-8-4-3-5-9-12/h8H,2-7,9-11H2,1H3. The van der Waals surface area contributed by atoms with Gasteiger partial charge in [0.25, 0.3) is 0 Å². The Labute approximate surface area is 97.8 Å². The van der Waals surface area contributed by atoms with Gasteiger partial charge in [-0.05, 0) is 45.1 Å². The summed E-state index contributed by atoms with van der Waals surface area (Å²) in [6.07, 6.45) is 8.66. The van der Waals surface area contributed by atoms with Crippen LogP contribution in [-0.2, 0) is 14.3 Å². The summed E-state index contributed by atoms with van der Waals surface area (Å²) in [7, 11) is 0. The van der Waals surface area contributed by atoms with E-state index in [-0.39, 0.29) is 5.97 Å². The lowest BCUT2D eigenvalue weighted by atomic mass is 10.1. The Morgan fingerprint density at radius 1 is 1.38 bits per heavy atom.